The molecule has 3 aliphatic rings. The summed E-state index contributed by atoms with van der Waals surface area (Å²) in [7, 11) is 0. The molecule has 0 unspecified atom stereocenters. The molecule has 0 bridgehead atoms. The highest BCUT2D eigenvalue weighted by molar-refractivity contribution is 7.15. The van der Waals surface area contributed by atoms with E-state index in [1.165, 1.54) is 9.78 Å². The molecule has 2 aliphatic heterocycles. The summed E-state index contributed by atoms with van der Waals surface area (Å²) in [5.41, 5.74) is 9.56. The molecule has 5 aromatic heterocycles. The highest BCUT2D eigenvalue weighted by Crippen LogP contribution is 2.41. The molecule has 72 heavy (non-hydrogen) atoms. The third kappa shape index (κ3) is 9.84. The zero-order valence-corrected chi connectivity index (χ0v) is 43.5. The summed E-state index contributed by atoms with van der Waals surface area (Å²) >= 11 is 9.54. The predicted octanol–water partition coefficient (Wildman–Crippen LogP) is 8.47. The quantitative estimate of drug-likeness (QED) is 0.101. The first-order valence-electron chi connectivity index (χ1n) is 24.1. The minimum atomic E-state index is -0.841. The molecule has 0 radical (unpaired) electrons. The Morgan fingerprint density at radius 3 is 2.40 bits per heavy atom. The molecule has 4 atom stereocenters. The fraction of sp³-hybridized carbons (Fsp3) is 0.377. The number of aromatic nitrogens is 7. The van der Waals surface area contributed by atoms with Crippen LogP contribution in [-0.2, 0) is 20.9 Å². The van der Waals surface area contributed by atoms with Gasteiger partial charge in [-0.15, -0.1) is 32.9 Å². The Labute approximate surface area is 430 Å². The average Bonchev–Trinajstić information content (AvgIpc) is 4.18. The van der Waals surface area contributed by atoms with Crippen molar-refractivity contribution >= 4 is 57.7 Å². The van der Waals surface area contributed by atoms with Gasteiger partial charge in [0.15, 0.2) is 5.82 Å². The Hall–Kier alpha value is -6.60. The summed E-state index contributed by atoms with van der Waals surface area (Å²) in [4.78, 5) is 59.9. The number of fused-ring (bicyclic) bond motifs is 3. The van der Waals surface area contributed by atoms with Crippen molar-refractivity contribution in [1.82, 2.24) is 50.0 Å². The SMILES string of the molecule is Cc1ncsc1-c1ccc(CNC(=O)[C@@H]2C[C@@H](O)CN2C(=O)[C@@H](n2cc(-c3ccnc(OC4CC(NC(=O)C[C@@H]5N=C(c6ccc(Cl)cc6)c6c(sc(C)c6C)-n6c(C)nnc65)C4)c3)cn2)C(C)(C)C)cc1. The maximum Gasteiger partial charge on any atom is 0.248 e. The van der Waals surface area contributed by atoms with Gasteiger partial charge in [0.05, 0.1) is 40.5 Å². The van der Waals surface area contributed by atoms with Gasteiger partial charge in [-0.25, -0.2) is 9.97 Å². The summed E-state index contributed by atoms with van der Waals surface area (Å²) < 4.78 is 10.0. The number of aliphatic hydroxyl groups excluding tert-OH is 1. The normalized spacial score (nSPS) is 19.9. The van der Waals surface area contributed by atoms with Crippen molar-refractivity contribution in [2.24, 2.45) is 10.4 Å². The van der Waals surface area contributed by atoms with E-state index in [1.54, 1.807) is 39.7 Å². The van der Waals surface area contributed by atoms with Gasteiger partial charge in [-0.2, -0.15) is 5.10 Å². The zero-order valence-electron chi connectivity index (χ0n) is 41.1. The van der Waals surface area contributed by atoms with Gasteiger partial charge in [0, 0.05) is 83.4 Å². The molecule has 19 heteroatoms. The van der Waals surface area contributed by atoms with E-state index in [4.69, 9.17) is 21.3 Å². The standard InChI is InChI=1S/C53H56ClN11O5S2/c1-28-30(3)72-52-45(28)46(33-12-14-37(54)15-13-33)60-41(49-62-61-31(4)65(49)52)22-43(67)59-38-19-40(20-38)70-44-18-35(16-17-55-44)36-24-58-64(25-36)48(53(5,6)7)51(69)63-26-39(66)21-42(63)50(68)56-23-32-8-10-34(11-9-32)47-29(2)57-27-71-47/h8-18,24-25,27,38-42,48,66H,19-23,26H2,1-7H3,(H,56,68)(H,59,67)/t38?,39-,40?,41+,42+,48-/m1/s1. The van der Waals surface area contributed by atoms with E-state index in [9.17, 15) is 19.5 Å². The molecule has 372 valence electrons. The summed E-state index contributed by atoms with van der Waals surface area (Å²) in [5, 5.41) is 32.3. The molecule has 1 aliphatic carbocycles. The lowest BCUT2D eigenvalue weighted by Crippen LogP contribution is -2.50. The fourth-order valence-corrected chi connectivity index (χ4v) is 12.0. The number of hydrogen-bond donors (Lipinski definition) is 3. The highest BCUT2D eigenvalue weighted by atomic mass is 35.5. The van der Waals surface area contributed by atoms with Gasteiger partial charge < -0.3 is 25.4 Å². The summed E-state index contributed by atoms with van der Waals surface area (Å²) in [6, 6.07) is 17.0. The molecular weight excluding hydrogens is 970 g/mol. The van der Waals surface area contributed by atoms with Crippen LogP contribution in [0, 0.1) is 33.1 Å². The molecule has 1 saturated carbocycles. The third-order valence-electron chi connectivity index (χ3n) is 13.8. The number of aryl methyl sites for hydroxylation is 3. The van der Waals surface area contributed by atoms with Crippen LogP contribution in [0.15, 0.2) is 89.8 Å². The molecule has 3 N–H and O–H groups in total. The van der Waals surface area contributed by atoms with Gasteiger partial charge in [0.2, 0.25) is 23.6 Å². The van der Waals surface area contributed by atoms with E-state index >= 15 is 0 Å². The van der Waals surface area contributed by atoms with Gasteiger partial charge in [0.25, 0.3) is 0 Å². The molecule has 0 spiro atoms. The first kappa shape index (κ1) is 49.0. The molecule has 1 saturated heterocycles. The lowest BCUT2D eigenvalue weighted by Gasteiger charge is -2.35. The number of amides is 3. The topological polar surface area (TPSA) is 195 Å². The average molecular weight is 1030 g/mol. The van der Waals surface area contributed by atoms with Gasteiger partial charge >= 0.3 is 0 Å². The van der Waals surface area contributed by atoms with Gasteiger partial charge in [-0.1, -0.05) is 68.8 Å². The largest absolute Gasteiger partial charge is 0.474 e. The van der Waals surface area contributed by atoms with Crippen LogP contribution in [0.5, 0.6) is 5.88 Å². The number of β-amino-alcohol motifs (C(OH)–C–C–N with tert-alkyl or cyclic N) is 1. The molecule has 7 heterocycles. The number of halogens is 1. The van der Waals surface area contributed by atoms with Crippen LogP contribution in [0.2, 0.25) is 5.02 Å². The number of nitrogens with one attached hydrogen (secondary N) is 2. The Bertz CT molecular complexity index is 3200. The van der Waals surface area contributed by atoms with Crippen LogP contribution in [-0.4, -0.2) is 98.8 Å². The van der Waals surface area contributed by atoms with Crippen molar-refractivity contribution in [3.05, 3.63) is 134 Å². The number of ether oxygens (including phenoxy) is 1. The number of likely N-dealkylation sites (tertiary alicyclic amines) is 1. The van der Waals surface area contributed by atoms with Crippen molar-refractivity contribution in [3.63, 3.8) is 0 Å². The molecule has 7 aromatic rings. The Balaban J connectivity index is 0.767. The predicted molar refractivity (Wildman–Crippen MR) is 278 cm³/mol. The van der Waals surface area contributed by atoms with Gasteiger partial charge in [-0.05, 0) is 73.6 Å². The van der Waals surface area contributed by atoms with Crippen LogP contribution in [0.3, 0.4) is 0 Å². The molecule has 10 rings (SSSR count). The van der Waals surface area contributed by atoms with Crippen molar-refractivity contribution < 1.29 is 24.2 Å². The van der Waals surface area contributed by atoms with Crippen LogP contribution in [0.25, 0.3) is 26.6 Å². The second-order valence-electron chi connectivity index (χ2n) is 20.0. The van der Waals surface area contributed by atoms with E-state index < -0.39 is 29.6 Å². The number of aliphatic imine (C=N–C) groups is 1. The number of thiazole rings is 1. The first-order valence-corrected chi connectivity index (χ1v) is 26.1. The summed E-state index contributed by atoms with van der Waals surface area (Å²) in [6.07, 6.45) is 5.62. The van der Waals surface area contributed by atoms with Crippen molar-refractivity contribution in [2.75, 3.05) is 6.54 Å². The minimum absolute atomic E-state index is 0.0397. The number of carbonyl (C=O) groups is 3. The lowest BCUT2D eigenvalue weighted by molar-refractivity contribution is -0.144. The summed E-state index contributed by atoms with van der Waals surface area (Å²) in [5.74, 6) is 1.02. The van der Waals surface area contributed by atoms with Crippen LogP contribution < -0.4 is 15.4 Å². The second-order valence-corrected chi connectivity index (χ2v) is 22.5. The van der Waals surface area contributed by atoms with Gasteiger partial charge in [0.1, 0.15) is 35.1 Å². The smallest absolute Gasteiger partial charge is 0.248 e. The Morgan fingerprint density at radius 2 is 1.68 bits per heavy atom. The number of nitrogens with zero attached hydrogens (tertiary/aromatic N) is 9. The van der Waals surface area contributed by atoms with E-state index in [2.05, 4.69) is 49.7 Å². The molecular formula is C53H56ClN11O5S2. The van der Waals surface area contributed by atoms with Crippen molar-refractivity contribution in [1.29, 1.82) is 0 Å². The molecule has 2 aromatic carbocycles. The third-order valence-corrected chi connectivity index (χ3v) is 16.2. The van der Waals surface area contributed by atoms with Crippen LogP contribution >= 0.6 is 34.3 Å². The fourth-order valence-electron chi connectivity index (χ4n) is 9.83. The maximum atomic E-state index is 14.6. The number of carbonyl (C=O) groups excluding carboxylic acids is 3. The minimum Gasteiger partial charge on any atom is -0.474 e. The Morgan fingerprint density at radius 1 is 0.931 bits per heavy atom. The second kappa shape index (κ2) is 19.8. The van der Waals surface area contributed by atoms with Crippen molar-refractivity contribution in [3.8, 4) is 32.4 Å². The number of pyridine rings is 1. The molecule has 3 amide bonds. The summed E-state index contributed by atoms with van der Waals surface area (Å²) in [6.45, 7) is 14.3. The van der Waals surface area contributed by atoms with E-state index in [1.807, 2.05) is 112 Å². The number of aliphatic hydroxyl groups is 1. The van der Waals surface area contributed by atoms with E-state index in [0.29, 0.717) is 29.6 Å². The van der Waals surface area contributed by atoms with E-state index in [-0.39, 0.29) is 55.8 Å². The number of hydrogen-bond acceptors (Lipinski definition) is 13. The van der Waals surface area contributed by atoms with Crippen LogP contribution in [0.4, 0.5) is 0 Å². The highest BCUT2D eigenvalue weighted by Gasteiger charge is 2.45. The van der Waals surface area contributed by atoms with Crippen molar-refractivity contribution in [2.45, 2.75) is 117 Å². The Kier molecular flexibility index (Phi) is 13.5. The number of rotatable bonds is 13. The van der Waals surface area contributed by atoms with Crippen LogP contribution in [0.1, 0.15) is 103 Å². The maximum absolute atomic E-state index is 14.6. The number of benzene rings is 2. The number of thiophene rings is 1. The van der Waals surface area contributed by atoms with Gasteiger partial charge in [-0.3, -0.25) is 28.6 Å². The monoisotopic (exact) mass is 1030 g/mol. The lowest BCUT2D eigenvalue weighted by atomic mass is 9.85. The van der Waals surface area contributed by atoms with E-state index in [0.717, 1.165) is 66.1 Å². The first-order chi connectivity index (χ1) is 34.5. The molecule has 2 fully saturated rings. The molecule has 16 nitrogen and oxygen atoms in total. The zero-order chi connectivity index (χ0) is 50.6.